The second-order valence-electron chi connectivity index (χ2n) is 5.57. The van der Waals surface area contributed by atoms with E-state index in [1.807, 2.05) is 31.2 Å². The Morgan fingerprint density at radius 3 is 2.46 bits per heavy atom. The van der Waals surface area contributed by atoms with Gasteiger partial charge in [-0.05, 0) is 30.7 Å². The maximum atomic E-state index is 12.1. The van der Waals surface area contributed by atoms with E-state index in [1.165, 1.54) is 24.4 Å². The number of rotatable bonds is 6. The van der Waals surface area contributed by atoms with Crippen LogP contribution in [0.15, 0.2) is 47.6 Å². The number of anilines is 1. The summed E-state index contributed by atoms with van der Waals surface area (Å²) in [5, 5.41) is 4.30. The topological polar surface area (TPSA) is 78.8 Å². The van der Waals surface area contributed by atoms with Crippen LogP contribution in [-0.2, 0) is 14.8 Å². The summed E-state index contributed by atoms with van der Waals surface area (Å²) in [4.78, 5) is 12.1. The smallest absolute Gasteiger partial charge is 0.260 e. The highest BCUT2D eigenvalue weighted by atomic mass is 35.5. The Labute approximate surface area is 162 Å². The van der Waals surface area contributed by atoms with Crippen molar-refractivity contribution in [2.75, 3.05) is 17.1 Å². The van der Waals surface area contributed by atoms with Gasteiger partial charge in [-0.2, -0.15) is 5.10 Å². The van der Waals surface area contributed by atoms with Crippen LogP contribution in [-0.4, -0.2) is 33.3 Å². The number of aryl methyl sites for hydroxylation is 1. The minimum absolute atomic E-state index is 0.124. The number of sulfonamides is 1. The molecule has 2 rings (SSSR count). The third kappa shape index (κ3) is 5.72. The number of nitrogens with one attached hydrogen (secondary N) is 1. The lowest BCUT2D eigenvalue weighted by atomic mass is 10.2. The summed E-state index contributed by atoms with van der Waals surface area (Å²) in [6.07, 6.45) is 2.45. The zero-order chi connectivity index (χ0) is 19.3. The van der Waals surface area contributed by atoms with Crippen LogP contribution in [0.25, 0.3) is 0 Å². The van der Waals surface area contributed by atoms with E-state index in [2.05, 4.69) is 10.5 Å². The number of hydrogen-bond acceptors (Lipinski definition) is 4. The van der Waals surface area contributed by atoms with Gasteiger partial charge in [0.1, 0.15) is 6.54 Å². The molecule has 0 fully saturated rings. The van der Waals surface area contributed by atoms with Crippen molar-refractivity contribution in [1.29, 1.82) is 0 Å². The van der Waals surface area contributed by atoms with Crippen molar-refractivity contribution >= 4 is 51.0 Å². The first-order valence-corrected chi connectivity index (χ1v) is 10.1. The molecular weight excluding hydrogens is 397 g/mol. The van der Waals surface area contributed by atoms with Crippen molar-refractivity contribution < 1.29 is 13.2 Å². The second kappa shape index (κ2) is 8.53. The average Bonchev–Trinajstić information content (AvgIpc) is 2.56. The zero-order valence-corrected chi connectivity index (χ0v) is 16.4. The number of carbonyl (C=O) groups is 1. The number of hydrazone groups is 1. The van der Waals surface area contributed by atoms with E-state index in [0.717, 1.165) is 21.7 Å². The van der Waals surface area contributed by atoms with Gasteiger partial charge in [0.15, 0.2) is 0 Å². The maximum Gasteiger partial charge on any atom is 0.260 e. The standard InChI is InChI=1S/C17H17Cl2N3O3S/c1-12-3-5-13(6-4-12)10-20-21-17(23)11-22(26(2,24)25)16-9-14(18)7-8-15(16)19/h3-10H,11H2,1-2H3,(H,21,23)/b20-10-. The van der Waals surface area contributed by atoms with Gasteiger partial charge in [-0.3, -0.25) is 9.10 Å². The van der Waals surface area contributed by atoms with Crippen LogP contribution < -0.4 is 9.73 Å². The highest BCUT2D eigenvalue weighted by molar-refractivity contribution is 7.92. The Morgan fingerprint density at radius 2 is 1.85 bits per heavy atom. The third-order valence-corrected chi connectivity index (χ3v) is 5.03. The predicted molar refractivity (Wildman–Crippen MR) is 106 cm³/mol. The van der Waals surface area contributed by atoms with Gasteiger partial charge < -0.3 is 0 Å². The number of hydrogen-bond donors (Lipinski definition) is 1. The Hall–Kier alpha value is -2.09. The molecule has 2 aromatic carbocycles. The molecule has 0 saturated carbocycles. The SMILES string of the molecule is Cc1ccc(/C=N\NC(=O)CN(c2cc(Cl)ccc2Cl)S(C)(=O)=O)cc1. The lowest BCUT2D eigenvalue weighted by Gasteiger charge is -2.22. The van der Waals surface area contributed by atoms with Crippen LogP contribution in [0.4, 0.5) is 5.69 Å². The van der Waals surface area contributed by atoms with Crippen molar-refractivity contribution in [2.24, 2.45) is 5.10 Å². The lowest BCUT2D eigenvalue weighted by Crippen LogP contribution is -2.39. The third-order valence-electron chi connectivity index (χ3n) is 3.34. The molecule has 9 heteroatoms. The van der Waals surface area contributed by atoms with Gasteiger partial charge in [-0.25, -0.2) is 13.8 Å². The summed E-state index contributed by atoms with van der Waals surface area (Å²) in [5.41, 5.74) is 4.33. The van der Waals surface area contributed by atoms with Crippen molar-refractivity contribution in [2.45, 2.75) is 6.92 Å². The van der Waals surface area contributed by atoms with Gasteiger partial charge in [0.2, 0.25) is 10.0 Å². The first-order chi connectivity index (χ1) is 12.2. The van der Waals surface area contributed by atoms with Crippen molar-refractivity contribution in [1.82, 2.24) is 5.43 Å². The summed E-state index contributed by atoms with van der Waals surface area (Å²) in [6, 6.07) is 11.9. The minimum Gasteiger partial charge on any atom is -0.271 e. The van der Waals surface area contributed by atoms with E-state index in [1.54, 1.807) is 0 Å². The van der Waals surface area contributed by atoms with Crippen LogP contribution in [0.2, 0.25) is 10.0 Å². The Bertz CT molecular complexity index is 929. The molecule has 0 aliphatic rings. The molecule has 6 nitrogen and oxygen atoms in total. The van der Waals surface area contributed by atoms with E-state index in [-0.39, 0.29) is 10.7 Å². The largest absolute Gasteiger partial charge is 0.271 e. The normalized spacial score (nSPS) is 11.5. The Kier molecular flexibility index (Phi) is 6.63. The molecule has 0 bridgehead atoms. The van der Waals surface area contributed by atoms with Gasteiger partial charge in [0, 0.05) is 5.02 Å². The number of benzene rings is 2. The number of carbonyl (C=O) groups excluding carboxylic acids is 1. The monoisotopic (exact) mass is 413 g/mol. The van der Waals surface area contributed by atoms with Crippen LogP contribution in [0.5, 0.6) is 0 Å². The van der Waals surface area contributed by atoms with Gasteiger partial charge in [0.25, 0.3) is 5.91 Å². The van der Waals surface area contributed by atoms with Crippen molar-refractivity contribution in [3.8, 4) is 0 Å². The van der Waals surface area contributed by atoms with E-state index in [0.29, 0.717) is 5.02 Å². The molecule has 0 aromatic heterocycles. The highest BCUT2D eigenvalue weighted by Gasteiger charge is 2.23. The van der Waals surface area contributed by atoms with Gasteiger partial charge >= 0.3 is 0 Å². The van der Waals surface area contributed by atoms with Crippen LogP contribution in [0, 0.1) is 6.92 Å². The molecule has 0 saturated heterocycles. The Balaban J connectivity index is 2.12. The molecular formula is C17H17Cl2N3O3S. The fraction of sp³-hybridized carbons (Fsp3) is 0.176. The van der Waals surface area contributed by atoms with Gasteiger partial charge in [-0.1, -0.05) is 53.0 Å². The average molecular weight is 414 g/mol. The van der Waals surface area contributed by atoms with Crippen molar-refractivity contribution in [3.05, 3.63) is 63.6 Å². The number of amides is 1. The van der Waals surface area contributed by atoms with E-state index in [9.17, 15) is 13.2 Å². The summed E-state index contributed by atoms with van der Waals surface area (Å²) in [6.45, 7) is 1.48. The molecule has 0 aliphatic heterocycles. The summed E-state index contributed by atoms with van der Waals surface area (Å²) in [5.74, 6) is -0.616. The second-order valence-corrected chi connectivity index (χ2v) is 8.32. The molecule has 0 unspecified atom stereocenters. The van der Waals surface area contributed by atoms with Crippen LogP contribution >= 0.6 is 23.2 Å². The summed E-state index contributed by atoms with van der Waals surface area (Å²) < 4.78 is 25.0. The maximum absolute atomic E-state index is 12.1. The van der Waals surface area contributed by atoms with Crippen LogP contribution in [0.1, 0.15) is 11.1 Å². The quantitative estimate of drug-likeness (QED) is 0.583. The molecule has 1 N–H and O–H groups in total. The zero-order valence-electron chi connectivity index (χ0n) is 14.1. The molecule has 2 aromatic rings. The molecule has 0 atom stereocenters. The Morgan fingerprint density at radius 1 is 1.19 bits per heavy atom. The summed E-state index contributed by atoms with van der Waals surface area (Å²) >= 11 is 12.0. The molecule has 0 spiro atoms. The molecule has 0 radical (unpaired) electrons. The lowest BCUT2D eigenvalue weighted by molar-refractivity contribution is -0.119. The predicted octanol–water partition coefficient (Wildman–Crippen LogP) is 3.22. The summed E-state index contributed by atoms with van der Waals surface area (Å²) in [7, 11) is -3.76. The first-order valence-electron chi connectivity index (χ1n) is 7.48. The van der Waals surface area contributed by atoms with E-state index < -0.39 is 22.5 Å². The number of halogens is 2. The fourth-order valence-corrected chi connectivity index (χ4v) is 3.35. The molecule has 138 valence electrons. The first kappa shape index (κ1) is 20.2. The van der Waals surface area contributed by atoms with Crippen LogP contribution in [0.3, 0.4) is 0 Å². The molecule has 26 heavy (non-hydrogen) atoms. The highest BCUT2D eigenvalue weighted by Crippen LogP contribution is 2.30. The van der Waals surface area contributed by atoms with Crippen molar-refractivity contribution in [3.63, 3.8) is 0 Å². The number of nitrogens with zero attached hydrogens (tertiary/aromatic N) is 2. The van der Waals surface area contributed by atoms with Gasteiger partial charge in [-0.15, -0.1) is 0 Å². The van der Waals surface area contributed by atoms with E-state index in [4.69, 9.17) is 23.2 Å². The van der Waals surface area contributed by atoms with E-state index >= 15 is 0 Å². The van der Waals surface area contributed by atoms with Gasteiger partial charge in [0.05, 0.1) is 23.2 Å². The molecule has 1 amide bonds. The molecule has 0 heterocycles. The fourth-order valence-electron chi connectivity index (χ4n) is 2.06. The minimum atomic E-state index is -3.76. The molecule has 0 aliphatic carbocycles.